The van der Waals surface area contributed by atoms with Gasteiger partial charge in [-0.15, -0.1) is 0 Å². The molecule has 28 heavy (non-hydrogen) atoms. The number of nitrogens with one attached hydrogen (secondary N) is 1. The van der Waals surface area contributed by atoms with Crippen molar-refractivity contribution in [2.24, 2.45) is 0 Å². The molecule has 0 atom stereocenters. The summed E-state index contributed by atoms with van der Waals surface area (Å²) in [5.41, 5.74) is -1.65. The Bertz CT molecular complexity index is 1080. The average Bonchev–Trinajstić information content (AvgIpc) is 2.65. The number of carbonyl (C=O) groups excluding carboxylic acids is 1. The molecule has 2 aromatic heterocycles. The molecule has 0 saturated carbocycles. The van der Waals surface area contributed by atoms with Crippen LogP contribution < -0.4 is 15.6 Å². The van der Waals surface area contributed by atoms with E-state index in [2.05, 4.69) is 15.3 Å². The molecule has 0 spiro atoms. The van der Waals surface area contributed by atoms with Crippen molar-refractivity contribution in [1.82, 2.24) is 14.5 Å². The van der Waals surface area contributed by atoms with Gasteiger partial charge in [0.2, 0.25) is 5.91 Å². The molecule has 3 aromatic rings. The SMILES string of the molecule is CCOc1nc2cccnc2n(CC(=O)Nc2ccccc2C(F)(F)F)c1=O. The van der Waals surface area contributed by atoms with Crippen LogP contribution in [-0.2, 0) is 17.5 Å². The van der Waals surface area contributed by atoms with E-state index in [1.807, 2.05) is 0 Å². The van der Waals surface area contributed by atoms with Crippen molar-refractivity contribution in [1.29, 1.82) is 0 Å². The van der Waals surface area contributed by atoms with Gasteiger partial charge in [-0.25, -0.2) is 9.97 Å². The fourth-order valence-electron chi connectivity index (χ4n) is 2.60. The fraction of sp³-hybridized carbons (Fsp3) is 0.222. The molecule has 0 aliphatic heterocycles. The first-order chi connectivity index (χ1) is 13.3. The Kier molecular flexibility index (Phi) is 5.30. The van der Waals surface area contributed by atoms with Crippen molar-refractivity contribution < 1.29 is 22.7 Å². The summed E-state index contributed by atoms with van der Waals surface area (Å²) in [6, 6.07) is 7.76. The summed E-state index contributed by atoms with van der Waals surface area (Å²) in [5.74, 6) is -1.04. The van der Waals surface area contributed by atoms with Crippen LogP contribution in [0, 0.1) is 0 Å². The second-order valence-corrected chi connectivity index (χ2v) is 5.68. The number of ether oxygens (including phenoxy) is 1. The second-order valence-electron chi connectivity index (χ2n) is 5.68. The monoisotopic (exact) mass is 392 g/mol. The lowest BCUT2D eigenvalue weighted by Gasteiger charge is -2.15. The second kappa shape index (κ2) is 7.67. The van der Waals surface area contributed by atoms with E-state index in [9.17, 15) is 22.8 Å². The van der Waals surface area contributed by atoms with E-state index < -0.39 is 35.4 Å². The Morgan fingerprint density at radius 1 is 1.21 bits per heavy atom. The van der Waals surface area contributed by atoms with Crippen LogP contribution in [0.2, 0.25) is 0 Å². The van der Waals surface area contributed by atoms with E-state index in [4.69, 9.17) is 4.74 Å². The van der Waals surface area contributed by atoms with Crippen molar-refractivity contribution in [3.05, 3.63) is 58.5 Å². The molecule has 10 heteroatoms. The number of carbonyl (C=O) groups is 1. The Balaban J connectivity index is 1.96. The van der Waals surface area contributed by atoms with Gasteiger partial charge in [0.15, 0.2) is 5.65 Å². The van der Waals surface area contributed by atoms with E-state index in [-0.39, 0.29) is 18.1 Å². The number of rotatable bonds is 5. The van der Waals surface area contributed by atoms with Gasteiger partial charge < -0.3 is 10.1 Å². The highest BCUT2D eigenvalue weighted by Gasteiger charge is 2.33. The molecule has 7 nitrogen and oxygen atoms in total. The van der Waals surface area contributed by atoms with Gasteiger partial charge >= 0.3 is 11.7 Å². The molecular formula is C18H15F3N4O3. The lowest BCUT2D eigenvalue weighted by atomic mass is 10.1. The lowest BCUT2D eigenvalue weighted by Crippen LogP contribution is -2.30. The van der Waals surface area contributed by atoms with Crippen molar-refractivity contribution in [3.8, 4) is 5.88 Å². The Morgan fingerprint density at radius 2 is 1.96 bits per heavy atom. The summed E-state index contributed by atoms with van der Waals surface area (Å²) < 4.78 is 45.5. The molecule has 1 N–H and O–H groups in total. The predicted molar refractivity (Wildman–Crippen MR) is 95.0 cm³/mol. The Labute approximate surface area is 156 Å². The van der Waals surface area contributed by atoms with Gasteiger partial charge in [-0.2, -0.15) is 13.2 Å². The predicted octanol–water partition coefficient (Wildman–Crippen LogP) is 2.85. The zero-order valence-electron chi connectivity index (χ0n) is 14.7. The molecule has 0 saturated heterocycles. The number of hydrogen-bond acceptors (Lipinski definition) is 5. The van der Waals surface area contributed by atoms with E-state index in [0.29, 0.717) is 5.52 Å². The highest BCUT2D eigenvalue weighted by molar-refractivity contribution is 5.92. The summed E-state index contributed by atoms with van der Waals surface area (Å²) in [7, 11) is 0. The van der Waals surface area contributed by atoms with Crippen LogP contribution in [0.5, 0.6) is 5.88 Å². The van der Waals surface area contributed by atoms with E-state index in [0.717, 1.165) is 16.7 Å². The minimum absolute atomic E-state index is 0.121. The standard InChI is InChI=1S/C18H15F3N4O3/c1-2-28-16-17(27)25(15-13(24-16)8-5-9-22-15)10-14(26)23-12-7-4-3-6-11(12)18(19,20)21/h3-9H,2,10H2,1H3,(H,23,26). The van der Waals surface area contributed by atoms with Gasteiger partial charge in [0.1, 0.15) is 12.1 Å². The molecule has 0 bridgehead atoms. The summed E-state index contributed by atoms with van der Waals surface area (Å²) in [4.78, 5) is 33.1. The summed E-state index contributed by atoms with van der Waals surface area (Å²) in [5, 5.41) is 2.20. The van der Waals surface area contributed by atoms with Gasteiger partial charge in [0.25, 0.3) is 5.88 Å². The minimum Gasteiger partial charge on any atom is -0.474 e. The average molecular weight is 392 g/mol. The molecule has 0 aliphatic carbocycles. The van der Waals surface area contributed by atoms with Crippen LogP contribution in [0.4, 0.5) is 18.9 Å². The first kappa shape index (κ1) is 19.3. The minimum atomic E-state index is -4.63. The fourth-order valence-corrected chi connectivity index (χ4v) is 2.60. The van der Waals surface area contributed by atoms with Crippen LogP contribution in [0.25, 0.3) is 11.2 Å². The number of fused-ring (bicyclic) bond motifs is 1. The molecule has 1 amide bonds. The topological polar surface area (TPSA) is 86.1 Å². The number of hydrogen-bond donors (Lipinski definition) is 1. The van der Waals surface area contributed by atoms with Gasteiger partial charge in [0.05, 0.1) is 17.9 Å². The molecule has 0 unspecified atom stereocenters. The van der Waals surface area contributed by atoms with Gasteiger partial charge in [-0.1, -0.05) is 12.1 Å². The van der Waals surface area contributed by atoms with Crippen molar-refractivity contribution in [3.63, 3.8) is 0 Å². The first-order valence-corrected chi connectivity index (χ1v) is 8.25. The van der Waals surface area contributed by atoms with E-state index in [1.54, 1.807) is 19.1 Å². The summed E-state index contributed by atoms with van der Waals surface area (Å²) in [6.45, 7) is 1.29. The molecule has 2 heterocycles. The summed E-state index contributed by atoms with van der Waals surface area (Å²) >= 11 is 0. The van der Waals surface area contributed by atoms with Crippen molar-refractivity contribution in [2.45, 2.75) is 19.6 Å². The zero-order chi connectivity index (χ0) is 20.3. The Hall–Kier alpha value is -3.43. The van der Waals surface area contributed by atoms with Crippen LogP contribution in [-0.4, -0.2) is 27.0 Å². The van der Waals surface area contributed by atoms with Crippen molar-refractivity contribution >= 4 is 22.8 Å². The summed E-state index contributed by atoms with van der Waals surface area (Å²) in [6.07, 6.45) is -3.22. The molecule has 1 aromatic carbocycles. The highest BCUT2D eigenvalue weighted by Crippen LogP contribution is 2.34. The van der Waals surface area contributed by atoms with Crippen LogP contribution in [0.1, 0.15) is 12.5 Å². The first-order valence-electron chi connectivity index (χ1n) is 8.25. The maximum atomic E-state index is 13.1. The molecule has 0 radical (unpaired) electrons. The van der Waals surface area contributed by atoms with Crippen LogP contribution >= 0.6 is 0 Å². The largest absolute Gasteiger partial charge is 0.474 e. The maximum absolute atomic E-state index is 13.1. The Morgan fingerprint density at radius 3 is 2.68 bits per heavy atom. The van der Waals surface area contributed by atoms with Gasteiger partial charge in [-0.05, 0) is 31.2 Å². The van der Waals surface area contributed by atoms with Crippen LogP contribution in [0.3, 0.4) is 0 Å². The number of amides is 1. The normalized spacial score (nSPS) is 11.4. The molecule has 0 aliphatic rings. The lowest BCUT2D eigenvalue weighted by molar-refractivity contribution is -0.137. The third kappa shape index (κ3) is 3.95. The van der Waals surface area contributed by atoms with E-state index >= 15 is 0 Å². The number of pyridine rings is 1. The van der Waals surface area contributed by atoms with Crippen LogP contribution in [0.15, 0.2) is 47.4 Å². The number of nitrogens with zero attached hydrogens (tertiary/aromatic N) is 3. The number of para-hydroxylation sites is 1. The number of anilines is 1. The third-order valence-electron chi connectivity index (χ3n) is 3.76. The molecule has 3 rings (SSSR count). The quantitative estimate of drug-likeness (QED) is 0.722. The highest BCUT2D eigenvalue weighted by atomic mass is 19.4. The zero-order valence-corrected chi connectivity index (χ0v) is 14.7. The third-order valence-corrected chi connectivity index (χ3v) is 3.76. The molecule has 0 fully saturated rings. The van der Waals surface area contributed by atoms with Crippen molar-refractivity contribution in [2.75, 3.05) is 11.9 Å². The van der Waals surface area contributed by atoms with E-state index in [1.165, 1.54) is 18.3 Å². The smallest absolute Gasteiger partial charge is 0.418 e. The number of alkyl halides is 3. The van der Waals surface area contributed by atoms with Gasteiger partial charge in [0, 0.05) is 6.20 Å². The molecule has 146 valence electrons. The number of aromatic nitrogens is 3. The number of benzene rings is 1. The maximum Gasteiger partial charge on any atom is 0.418 e. The van der Waals surface area contributed by atoms with Gasteiger partial charge in [-0.3, -0.25) is 14.2 Å². The molecular weight excluding hydrogens is 377 g/mol. The number of halogens is 3.